The molecular formula is C9H13ClN4. The Morgan fingerprint density at radius 1 is 1.43 bits per heavy atom. The number of aromatic nitrogens is 2. The molecule has 0 aromatic carbocycles. The standard InChI is InChI=1S/C9H13ClN4/c10-8-5-12-6-13-9(8)14-3-1-7(11)2-4-14/h5-7H,1-4,11H2. The van der Waals surface area contributed by atoms with Crippen LogP contribution in [0.3, 0.4) is 0 Å². The predicted molar refractivity (Wildman–Crippen MR) is 56.5 cm³/mol. The van der Waals surface area contributed by atoms with Crippen LogP contribution in [0.2, 0.25) is 5.02 Å². The zero-order valence-corrected chi connectivity index (χ0v) is 8.61. The average molecular weight is 213 g/mol. The second-order valence-corrected chi connectivity index (χ2v) is 3.93. The van der Waals surface area contributed by atoms with Crippen molar-refractivity contribution in [1.29, 1.82) is 0 Å². The Hall–Kier alpha value is -0.870. The lowest BCUT2D eigenvalue weighted by atomic mass is 10.1. The molecule has 2 rings (SSSR count). The van der Waals surface area contributed by atoms with Gasteiger partial charge in [0.05, 0.1) is 6.20 Å². The summed E-state index contributed by atoms with van der Waals surface area (Å²) in [4.78, 5) is 10.2. The first-order valence-electron chi connectivity index (χ1n) is 4.73. The van der Waals surface area contributed by atoms with Crippen LogP contribution >= 0.6 is 11.6 Å². The van der Waals surface area contributed by atoms with Crippen LogP contribution < -0.4 is 10.6 Å². The lowest BCUT2D eigenvalue weighted by Gasteiger charge is -2.31. The van der Waals surface area contributed by atoms with E-state index in [1.807, 2.05) is 0 Å². The summed E-state index contributed by atoms with van der Waals surface area (Å²) in [5.74, 6) is 0.827. The highest BCUT2D eigenvalue weighted by atomic mass is 35.5. The van der Waals surface area contributed by atoms with Crippen LogP contribution in [0.25, 0.3) is 0 Å². The van der Waals surface area contributed by atoms with Gasteiger partial charge >= 0.3 is 0 Å². The quantitative estimate of drug-likeness (QED) is 0.757. The summed E-state index contributed by atoms with van der Waals surface area (Å²) in [6, 6.07) is 0.326. The number of rotatable bonds is 1. The Kier molecular flexibility index (Phi) is 2.84. The minimum absolute atomic E-state index is 0.326. The minimum Gasteiger partial charge on any atom is -0.355 e. The number of nitrogens with two attached hydrogens (primary N) is 1. The molecule has 0 amide bonds. The van der Waals surface area contributed by atoms with Crippen LogP contribution in [0.5, 0.6) is 0 Å². The molecule has 1 aliphatic heterocycles. The van der Waals surface area contributed by atoms with Crippen LogP contribution in [-0.2, 0) is 0 Å². The van der Waals surface area contributed by atoms with Gasteiger partial charge in [-0.2, -0.15) is 0 Å². The molecule has 14 heavy (non-hydrogen) atoms. The van der Waals surface area contributed by atoms with E-state index in [9.17, 15) is 0 Å². The minimum atomic E-state index is 0.326. The summed E-state index contributed by atoms with van der Waals surface area (Å²) in [5.41, 5.74) is 5.82. The van der Waals surface area contributed by atoms with Gasteiger partial charge in [0.25, 0.3) is 0 Å². The fourth-order valence-electron chi connectivity index (χ4n) is 1.65. The Balaban J connectivity index is 2.12. The number of hydrogen-bond acceptors (Lipinski definition) is 4. The number of halogens is 1. The first-order valence-corrected chi connectivity index (χ1v) is 5.11. The van der Waals surface area contributed by atoms with Gasteiger partial charge in [-0.05, 0) is 12.8 Å². The second-order valence-electron chi connectivity index (χ2n) is 3.52. The van der Waals surface area contributed by atoms with E-state index in [1.165, 1.54) is 6.33 Å². The molecule has 5 heteroatoms. The van der Waals surface area contributed by atoms with E-state index >= 15 is 0 Å². The second kappa shape index (κ2) is 4.11. The van der Waals surface area contributed by atoms with Gasteiger partial charge in [-0.3, -0.25) is 0 Å². The van der Waals surface area contributed by atoms with Crippen LogP contribution in [0.15, 0.2) is 12.5 Å². The molecule has 0 bridgehead atoms. The topological polar surface area (TPSA) is 55.0 Å². The maximum atomic E-state index is 6.00. The number of piperidine rings is 1. The summed E-state index contributed by atoms with van der Waals surface area (Å²) in [6.45, 7) is 1.86. The van der Waals surface area contributed by atoms with Gasteiger partial charge in [-0.25, -0.2) is 9.97 Å². The van der Waals surface area contributed by atoms with Crippen LogP contribution in [-0.4, -0.2) is 29.1 Å². The molecule has 0 atom stereocenters. The van der Waals surface area contributed by atoms with Crippen LogP contribution in [0.1, 0.15) is 12.8 Å². The molecule has 0 saturated carbocycles. The fraction of sp³-hybridized carbons (Fsp3) is 0.556. The maximum Gasteiger partial charge on any atom is 0.150 e. The van der Waals surface area contributed by atoms with Gasteiger partial charge in [0.1, 0.15) is 11.3 Å². The van der Waals surface area contributed by atoms with Crippen molar-refractivity contribution in [3.63, 3.8) is 0 Å². The predicted octanol–water partition coefficient (Wildman–Crippen LogP) is 1.06. The first kappa shape index (κ1) is 9.68. The number of nitrogens with zero attached hydrogens (tertiary/aromatic N) is 3. The van der Waals surface area contributed by atoms with Gasteiger partial charge in [0.15, 0.2) is 5.82 Å². The molecule has 0 radical (unpaired) electrons. The molecule has 1 saturated heterocycles. The van der Waals surface area contributed by atoms with Gasteiger partial charge in [0.2, 0.25) is 0 Å². The SMILES string of the molecule is NC1CCN(c2ncncc2Cl)CC1. The molecule has 0 spiro atoms. The Morgan fingerprint density at radius 3 is 2.79 bits per heavy atom. The highest BCUT2D eigenvalue weighted by Gasteiger charge is 2.18. The average Bonchev–Trinajstić information content (AvgIpc) is 2.20. The van der Waals surface area contributed by atoms with Crippen molar-refractivity contribution in [3.05, 3.63) is 17.5 Å². The Labute approximate surface area is 88.1 Å². The van der Waals surface area contributed by atoms with Crippen molar-refractivity contribution in [2.75, 3.05) is 18.0 Å². The van der Waals surface area contributed by atoms with Crippen molar-refractivity contribution in [2.45, 2.75) is 18.9 Å². The molecule has 2 heterocycles. The van der Waals surface area contributed by atoms with E-state index in [2.05, 4.69) is 14.9 Å². The van der Waals surface area contributed by atoms with Gasteiger partial charge < -0.3 is 10.6 Å². The molecular weight excluding hydrogens is 200 g/mol. The highest BCUT2D eigenvalue weighted by molar-refractivity contribution is 6.32. The highest BCUT2D eigenvalue weighted by Crippen LogP contribution is 2.23. The summed E-state index contributed by atoms with van der Waals surface area (Å²) in [7, 11) is 0. The third kappa shape index (κ3) is 1.96. The first-order chi connectivity index (χ1) is 6.77. The molecule has 2 N–H and O–H groups in total. The van der Waals surface area contributed by atoms with E-state index < -0.39 is 0 Å². The van der Waals surface area contributed by atoms with E-state index in [1.54, 1.807) is 6.20 Å². The van der Waals surface area contributed by atoms with E-state index in [0.717, 1.165) is 31.7 Å². The van der Waals surface area contributed by atoms with Crippen LogP contribution in [0.4, 0.5) is 5.82 Å². The fourth-order valence-corrected chi connectivity index (χ4v) is 1.87. The molecule has 1 aromatic heterocycles. The van der Waals surface area contributed by atoms with E-state index in [4.69, 9.17) is 17.3 Å². The number of anilines is 1. The summed E-state index contributed by atoms with van der Waals surface area (Å²) in [5, 5.41) is 0.614. The Morgan fingerprint density at radius 2 is 2.14 bits per heavy atom. The largest absolute Gasteiger partial charge is 0.355 e. The third-order valence-corrected chi connectivity index (χ3v) is 2.75. The Bertz CT molecular complexity index is 309. The van der Waals surface area contributed by atoms with Crippen molar-refractivity contribution >= 4 is 17.4 Å². The van der Waals surface area contributed by atoms with E-state index in [0.29, 0.717) is 11.1 Å². The molecule has 1 aliphatic rings. The van der Waals surface area contributed by atoms with Crippen molar-refractivity contribution < 1.29 is 0 Å². The zero-order valence-electron chi connectivity index (χ0n) is 7.86. The van der Waals surface area contributed by atoms with Gasteiger partial charge in [-0.15, -0.1) is 0 Å². The van der Waals surface area contributed by atoms with Crippen molar-refractivity contribution in [1.82, 2.24) is 9.97 Å². The zero-order chi connectivity index (χ0) is 9.97. The van der Waals surface area contributed by atoms with E-state index in [-0.39, 0.29) is 0 Å². The molecule has 0 aliphatic carbocycles. The summed E-state index contributed by atoms with van der Waals surface area (Å²) < 4.78 is 0. The molecule has 0 unspecified atom stereocenters. The van der Waals surface area contributed by atoms with Crippen molar-refractivity contribution in [3.8, 4) is 0 Å². The molecule has 1 aromatic rings. The van der Waals surface area contributed by atoms with Gasteiger partial charge in [0, 0.05) is 19.1 Å². The molecule has 4 nitrogen and oxygen atoms in total. The number of hydrogen-bond donors (Lipinski definition) is 1. The molecule has 76 valence electrons. The maximum absolute atomic E-state index is 6.00. The molecule has 1 fully saturated rings. The summed E-state index contributed by atoms with van der Waals surface area (Å²) >= 11 is 6.00. The third-order valence-electron chi connectivity index (χ3n) is 2.49. The normalized spacial score (nSPS) is 18.6. The summed E-state index contributed by atoms with van der Waals surface area (Å²) in [6.07, 6.45) is 5.15. The van der Waals surface area contributed by atoms with Gasteiger partial charge in [-0.1, -0.05) is 11.6 Å². The monoisotopic (exact) mass is 212 g/mol. The van der Waals surface area contributed by atoms with Crippen LogP contribution in [0, 0.1) is 0 Å². The van der Waals surface area contributed by atoms with Crippen molar-refractivity contribution in [2.24, 2.45) is 5.73 Å². The lowest BCUT2D eigenvalue weighted by Crippen LogP contribution is -2.40. The smallest absolute Gasteiger partial charge is 0.150 e. The lowest BCUT2D eigenvalue weighted by molar-refractivity contribution is 0.498.